The first-order valence-corrected chi connectivity index (χ1v) is 9.80. The fourth-order valence-electron chi connectivity index (χ4n) is 4.29. The van der Waals surface area contributed by atoms with Crippen LogP contribution < -0.4 is 0 Å². The van der Waals surface area contributed by atoms with Gasteiger partial charge in [-0.1, -0.05) is 43.5 Å². The Balaban J connectivity index is 1.55. The van der Waals surface area contributed by atoms with E-state index in [0.29, 0.717) is 17.9 Å². The second kappa shape index (κ2) is 6.66. The molecule has 0 spiro atoms. The summed E-state index contributed by atoms with van der Waals surface area (Å²) in [7, 11) is 0. The summed E-state index contributed by atoms with van der Waals surface area (Å²) in [4.78, 5) is 9.24. The molecule has 2 aromatic heterocycles. The molecule has 2 atom stereocenters. The van der Waals surface area contributed by atoms with E-state index >= 15 is 0 Å². The number of fused-ring (bicyclic) bond motifs is 1. The first-order chi connectivity index (χ1) is 13.2. The molecule has 5 rings (SSSR count). The number of halogens is 2. The van der Waals surface area contributed by atoms with E-state index in [1.807, 2.05) is 41.2 Å². The fourth-order valence-corrected chi connectivity index (χ4v) is 4.29. The van der Waals surface area contributed by atoms with Crippen molar-refractivity contribution >= 4 is 10.8 Å². The third kappa shape index (κ3) is 3.11. The molecule has 0 N–H and O–H groups in total. The molecule has 0 radical (unpaired) electrons. The van der Waals surface area contributed by atoms with Gasteiger partial charge in [0.05, 0.1) is 6.04 Å². The molecule has 2 fully saturated rings. The van der Waals surface area contributed by atoms with Crippen molar-refractivity contribution in [3.05, 3.63) is 42.4 Å². The number of hydrogen-bond acceptors (Lipinski definition) is 3. The second-order valence-electron chi connectivity index (χ2n) is 7.79. The van der Waals surface area contributed by atoms with Crippen LogP contribution in [0.3, 0.4) is 0 Å². The molecule has 0 unspecified atom stereocenters. The van der Waals surface area contributed by atoms with E-state index in [1.165, 1.54) is 6.42 Å². The molecule has 0 bridgehead atoms. The molecule has 0 aliphatic heterocycles. The Morgan fingerprint density at radius 2 is 1.81 bits per heavy atom. The van der Waals surface area contributed by atoms with Crippen LogP contribution in [-0.4, -0.2) is 26.2 Å². The number of pyridine rings is 1. The minimum atomic E-state index is -2.28. The molecule has 3 aromatic rings. The van der Waals surface area contributed by atoms with Crippen molar-refractivity contribution in [3.63, 3.8) is 0 Å². The number of aromatic nitrogens is 4. The largest absolute Gasteiger partial charge is 0.252 e. The average Bonchev–Trinajstić information content (AvgIpc) is 3.39. The zero-order valence-electron chi connectivity index (χ0n) is 15.1. The summed E-state index contributed by atoms with van der Waals surface area (Å²) in [5.74, 6) is 0.543. The molecule has 2 aliphatic carbocycles. The number of benzene rings is 1. The highest BCUT2D eigenvalue weighted by molar-refractivity contribution is 5.84. The lowest BCUT2D eigenvalue weighted by Gasteiger charge is -2.23. The van der Waals surface area contributed by atoms with Gasteiger partial charge < -0.3 is 0 Å². The summed E-state index contributed by atoms with van der Waals surface area (Å²) in [6.45, 7) is 0. The summed E-state index contributed by atoms with van der Waals surface area (Å²) in [5.41, 5.74) is 0.707. The molecule has 2 aliphatic rings. The molecule has 2 saturated carbocycles. The molecule has 4 nitrogen and oxygen atoms in total. The molecule has 1 aromatic carbocycles. The molecular formula is C21H22F2N4. The maximum Gasteiger partial charge on any atom is 0.242 e. The van der Waals surface area contributed by atoms with Crippen LogP contribution in [0.4, 0.5) is 8.78 Å². The van der Waals surface area contributed by atoms with Crippen LogP contribution in [0.2, 0.25) is 0 Å². The standard InChI is InChI=1S/C21H22F2N4/c22-19(23)16-11-17(16)21-25-20(26-27(21)15-8-2-1-3-9-15)18-10-13-6-4-5-7-14(13)12-24-18/h4-7,10,12,15-17,19H,1-3,8-9,11H2/t16-,17-/m1/s1. The van der Waals surface area contributed by atoms with Crippen LogP contribution in [0.15, 0.2) is 36.5 Å². The SMILES string of the molecule is FC(F)[C@@H]1C[C@H]1c1nc(-c2cc3ccccc3cn2)nn1C1CCCCC1. The number of nitrogens with zero attached hydrogens (tertiary/aromatic N) is 4. The van der Waals surface area contributed by atoms with Gasteiger partial charge >= 0.3 is 0 Å². The van der Waals surface area contributed by atoms with Crippen LogP contribution in [-0.2, 0) is 0 Å². The Bertz CT molecular complexity index is 962. The van der Waals surface area contributed by atoms with Gasteiger partial charge in [0.1, 0.15) is 11.5 Å². The van der Waals surface area contributed by atoms with E-state index in [9.17, 15) is 8.78 Å². The third-order valence-electron chi connectivity index (χ3n) is 5.93. The highest BCUT2D eigenvalue weighted by Crippen LogP contribution is 2.51. The lowest BCUT2D eigenvalue weighted by atomic mass is 9.95. The van der Waals surface area contributed by atoms with Crippen molar-refractivity contribution in [3.8, 4) is 11.5 Å². The zero-order chi connectivity index (χ0) is 18.4. The monoisotopic (exact) mass is 368 g/mol. The van der Waals surface area contributed by atoms with Crippen LogP contribution in [0.5, 0.6) is 0 Å². The summed E-state index contributed by atoms with van der Waals surface area (Å²) in [6.07, 6.45) is 5.71. The lowest BCUT2D eigenvalue weighted by Crippen LogP contribution is -2.17. The first kappa shape index (κ1) is 16.8. The second-order valence-corrected chi connectivity index (χ2v) is 7.79. The van der Waals surface area contributed by atoms with E-state index < -0.39 is 12.3 Å². The Morgan fingerprint density at radius 3 is 2.56 bits per heavy atom. The number of alkyl halides is 2. The van der Waals surface area contributed by atoms with Gasteiger partial charge in [0.2, 0.25) is 6.43 Å². The normalized spacial score (nSPS) is 23.2. The van der Waals surface area contributed by atoms with Gasteiger partial charge in [0.15, 0.2) is 5.82 Å². The Kier molecular flexibility index (Phi) is 4.14. The predicted molar refractivity (Wildman–Crippen MR) is 99.7 cm³/mol. The van der Waals surface area contributed by atoms with E-state index in [1.54, 1.807) is 0 Å². The lowest BCUT2D eigenvalue weighted by molar-refractivity contribution is 0.119. The van der Waals surface area contributed by atoms with E-state index in [4.69, 9.17) is 10.1 Å². The van der Waals surface area contributed by atoms with Crippen LogP contribution in [0, 0.1) is 5.92 Å². The minimum Gasteiger partial charge on any atom is -0.252 e. The zero-order valence-corrected chi connectivity index (χ0v) is 15.1. The van der Waals surface area contributed by atoms with E-state index in [0.717, 1.165) is 42.3 Å². The average molecular weight is 368 g/mol. The smallest absolute Gasteiger partial charge is 0.242 e. The van der Waals surface area contributed by atoms with Crippen LogP contribution in [0.1, 0.15) is 56.3 Å². The van der Waals surface area contributed by atoms with Crippen molar-refractivity contribution in [1.29, 1.82) is 0 Å². The minimum absolute atomic E-state index is 0.173. The maximum atomic E-state index is 13.2. The van der Waals surface area contributed by atoms with E-state index in [2.05, 4.69) is 4.98 Å². The molecule has 2 heterocycles. The Labute approximate surface area is 156 Å². The molecule has 0 saturated heterocycles. The predicted octanol–water partition coefficient (Wildman–Crippen LogP) is 5.37. The van der Waals surface area contributed by atoms with Crippen molar-refractivity contribution in [2.45, 2.75) is 56.9 Å². The van der Waals surface area contributed by atoms with Crippen molar-refractivity contribution in [1.82, 2.24) is 19.7 Å². The Hall–Kier alpha value is -2.37. The first-order valence-electron chi connectivity index (χ1n) is 9.80. The van der Waals surface area contributed by atoms with E-state index in [-0.39, 0.29) is 12.0 Å². The van der Waals surface area contributed by atoms with Gasteiger partial charge in [-0.05, 0) is 30.7 Å². The number of hydrogen-bond donors (Lipinski definition) is 0. The highest BCUT2D eigenvalue weighted by Gasteiger charge is 2.48. The molecular weight excluding hydrogens is 346 g/mol. The van der Waals surface area contributed by atoms with Gasteiger partial charge in [-0.15, -0.1) is 5.10 Å². The highest BCUT2D eigenvalue weighted by atomic mass is 19.3. The van der Waals surface area contributed by atoms with Gasteiger partial charge in [0.25, 0.3) is 0 Å². The molecule has 27 heavy (non-hydrogen) atoms. The van der Waals surface area contributed by atoms with Crippen LogP contribution in [0.25, 0.3) is 22.3 Å². The Morgan fingerprint density at radius 1 is 1.04 bits per heavy atom. The fraction of sp³-hybridized carbons (Fsp3) is 0.476. The summed E-state index contributed by atoms with van der Waals surface area (Å²) >= 11 is 0. The molecule has 140 valence electrons. The topological polar surface area (TPSA) is 43.6 Å². The number of rotatable bonds is 4. The third-order valence-corrected chi connectivity index (χ3v) is 5.93. The van der Waals surface area contributed by atoms with Gasteiger partial charge in [-0.25, -0.2) is 18.4 Å². The van der Waals surface area contributed by atoms with Crippen molar-refractivity contribution < 1.29 is 8.78 Å². The summed E-state index contributed by atoms with van der Waals surface area (Å²) < 4.78 is 28.3. The molecule has 6 heteroatoms. The summed E-state index contributed by atoms with van der Waals surface area (Å²) in [5, 5.41) is 6.91. The van der Waals surface area contributed by atoms with Crippen molar-refractivity contribution in [2.24, 2.45) is 5.92 Å². The van der Waals surface area contributed by atoms with Crippen LogP contribution >= 0.6 is 0 Å². The van der Waals surface area contributed by atoms with Gasteiger partial charge in [-0.3, -0.25) is 4.98 Å². The van der Waals surface area contributed by atoms with Crippen molar-refractivity contribution in [2.75, 3.05) is 0 Å². The maximum absolute atomic E-state index is 13.2. The quantitative estimate of drug-likeness (QED) is 0.622. The van der Waals surface area contributed by atoms with Gasteiger partial charge in [-0.2, -0.15) is 0 Å². The summed E-state index contributed by atoms with van der Waals surface area (Å²) in [6, 6.07) is 10.3. The van der Waals surface area contributed by atoms with Gasteiger partial charge in [0, 0.05) is 23.4 Å². The molecule has 0 amide bonds.